The number of nitrogens with zero attached hydrogens (tertiary/aromatic N) is 1. The van der Waals surface area contributed by atoms with Crippen LogP contribution >= 0.6 is 0 Å². The quantitative estimate of drug-likeness (QED) is 0.592. The van der Waals surface area contributed by atoms with Gasteiger partial charge in [-0.15, -0.1) is 0 Å². The van der Waals surface area contributed by atoms with E-state index in [1.54, 1.807) is 0 Å². The molecule has 0 saturated heterocycles. The highest BCUT2D eigenvalue weighted by Gasteiger charge is 2.41. The van der Waals surface area contributed by atoms with Gasteiger partial charge in [0.2, 0.25) is 11.7 Å². The molecule has 0 fully saturated rings. The molecule has 19 heavy (non-hydrogen) atoms. The minimum atomic E-state index is -4.78. The number of rotatable bonds is 6. The maximum atomic E-state index is 12.7. The number of halogens is 3. The molecule has 0 atom stereocenters. The van der Waals surface area contributed by atoms with Gasteiger partial charge in [-0.1, -0.05) is 6.92 Å². The molecular formula is C11H14F3NO4. The Labute approximate surface area is 107 Å². The molecule has 1 rings (SSSR count). The average molecular weight is 281 g/mol. The number of hydrogen-bond donors (Lipinski definition) is 0. The van der Waals surface area contributed by atoms with E-state index in [1.165, 1.54) is 6.92 Å². The van der Waals surface area contributed by atoms with E-state index >= 15 is 0 Å². The zero-order valence-corrected chi connectivity index (χ0v) is 10.5. The van der Waals surface area contributed by atoms with Crippen LogP contribution in [-0.4, -0.2) is 24.2 Å². The summed E-state index contributed by atoms with van der Waals surface area (Å²) < 4.78 is 52.3. The molecule has 0 bridgehead atoms. The van der Waals surface area contributed by atoms with Gasteiger partial charge in [-0.3, -0.25) is 0 Å². The van der Waals surface area contributed by atoms with Gasteiger partial charge in [-0.2, -0.15) is 13.2 Å². The molecule has 0 saturated carbocycles. The Kier molecular flexibility index (Phi) is 5.34. The molecule has 1 heterocycles. The summed E-state index contributed by atoms with van der Waals surface area (Å²) in [5, 5.41) is 0. The summed E-state index contributed by atoms with van der Waals surface area (Å²) in [6.07, 6.45) is -4.08. The Bertz CT molecular complexity index is 428. The lowest BCUT2D eigenvalue weighted by Gasteiger charge is -2.03. The Morgan fingerprint density at radius 1 is 1.37 bits per heavy atom. The minimum absolute atomic E-state index is 0.0570. The van der Waals surface area contributed by atoms with Crippen molar-refractivity contribution in [3.63, 3.8) is 0 Å². The molecule has 0 aliphatic carbocycles. The van der Waals surface area contributed by atoms with Crippen molar-refractivity contribution >= 4 is 5.97 Å². The number of esters is 1. The minimum Gasteiger partial charge on any atom is -0.460 e. The Hall–Kier alpha value is -1.57. The van der Waals surface area contributed by atoms with Gasteiger partial charge in [0.05, 0.1) is 6.61 Å². The van der Waals surface area contributed by atoms with Crippen LogP contribution in [0.25, 0.3) is 0 Å². The lowest BCUT2D eigenvalue weighted by molar-refractivity contribution is -0.141. The van der Waals surface area contributed by atoms with Gasteiger partial charge in [0, 0.05) is 6.61 Å². The first-order valence-electron chi connectivity index (χ1n) is 5.71. The molecule has 0 aliphatic heterocycles. The highest BCUT2D eigenvalue weighted by atomic mass is 19.4. The number of ether oxygens (including phenoxy) is 2. The monoisotopic (exact) mass is 281 g/mol. The lowest BCUT2D eigenvalue weighted by atomic mass is 10.3. The molecular weight excluding hydrogens is 267 g/mol. The average Bonchev–Trinajstić information content (AvgIpc) is 2.74. The molecule has 8 heteroatoms. The highest BCUT2D eigenvalue weighted by molar-refractivity contribution is 5.87. The van der Waals surface area contributed by atoms with Gasteiger partial charge in [-0.05, 0) is 13.3 Å². The topological polar surface area (TPSA) is 61.6 Å². The van der Waals surface area contributed by atoms with Crippen molar-refractivity contribution in [1.29, 1.82) is 0 Å². The summed E-state index contributed by atoms with van der Waals surface area (Å²) in [5.74, 6) is -2.43. The molecule has 1 aromatic rings. The van der Waals surface area contributed by atoms with Crippen molar-refractivity contribution in [2.45, 2.75) is 33.1 Å². The first-order chi connectivity index (χ1) is 8.90. The molecule has 0 radical (unpaired) electrons. The molecule has 0 aromatic carbocycles. The summed E-state index contributed by atoms with van der Waals surface area (Å²) in [7, 11) is 0. The van der Waals surface area contributed by atoms with E-state index in [1.807, 2.05) is 6.92 Å². The SMILES string of the molecule is CCCOCc1nc(C(F)(F)F)c(C(=O)OCC)o1. The maximum Gasteiger partial charge on any atom is 0.437 e. The van der Waals surface area contributed by atoms with Gasteiger partial charge < -0.3 is 13.9 Å². The fraction of sp³-hybridized carbons (Fsp3) is 0.636. The number of alkyl halides is 3. The molecule has 108 valence electrons. The zero-order valence-electron chi connectivity index (χ0n) is 10.5. The van der Waals surface area contributed by atoms with Crippen molar-refractivity contribution in [1.82, 2.24) is 4.98 Å². The molecule has 5 nitrogen and oxygen atoms in total. The number of aromatic nitrogens is 1. The third kappa shape index (κ3) is 4.23. The van der Waals surface area contributed by atoms with Gasteiger partial charge >= 0.3 is 12.1 Å². The van der Waals surface area contributed by atoms with Crippen molar-refractivity contribution in [3.05, 3.63) is 17.3 Å². The second-order valence-corrected chi connectivity index (χ2v) is 3.56. The van der Waals surface area contributed by atoms with E-state index in [-0.39, 0.29) is 19.1 Å². The van der Waals surface area contributed by atoms with Gasteiger partial charge in [0.1, 0.15) is 6.61 Å². The van der Waals surface area contributed by atoms with Crippen molar-refractivity contribution in [3.8, 4) is 0 Å². The van der Waals surface area contributed by atoms with E-state index in [0.29, 0.717) is 13.0 Å². The lowest BCUT2D eigenvalue weighted by Crippen LogP contribution is -2.14. The van der Waals surface area contributed by atoms with E-state index in [2.05, 4.69) is 9.72 Å². The van der Waals surface area contributed by atoms with Gasteiger partial charge in [0.15, 0.2) is 5.69 Å². The largest absolute Gasteiger partial charge is 0.460 e. The Balaban J connectivity index is 2.96. The highest BCUT2D eigenvalue weighted by Crippen LogP contribution is 2.32. The van der Waals surface area contributed by atoms with E-state index in [0.717, 1.165) is 0 Å². The smallest absolute Gasteiger partial charge is 0.437 e. The van der Waals surface area contributed by atoms with Crippen LogP contribution in [-0.2, 0) is 22.3 Å². The zero-order chi connectivity index (χ0) is 14.5. The first kappa shape index (κ1) is 15.5. The third-order valence-corrected chi connectivity index (χ3v) is 1.97. The van der Waals surface area contributed by atoms with Crippen LogP contribution in [0.3, 0.4) is 0 Å². The molecule has 1 aromatic heterocycles. The molecule has 0 aliphatic rings. The summed E-state index contributed by atoms with van der Waals surface area (Å²) >= 11 is 0. The Morgan fingerprint density at radius 2 is 2.05 bits per heavy atom. The normalized spacial score (nSPS) is 11.6. The number of carbonyl (C=O) groups excluding carboxylic acids is 1. The predicted molar refractivity (Wildman–Crippen MR) is 57.4 cm³/mol. The predicted octanol–water partition coefficient (Wildman–Crippen LogP) is 2.80. The fourth-order valence-corrected chi connectivity index (χ4v) is 1.26. The third-order valence-electron chi connectivity index (χ3n) is 1.97. The van der Waals surface area contributed by atoms with Crippen LogP contribution in [0.15, 0.2) is 4.42 Å². The van der Waals surface area contributed by atoms with Crippen LogP contribution in [0.1, 0.15) is 42.4 Å². The summed E-state index contributed by atoms with van der Waals surface area (Å²) in [6.45, 7) is 3.40. The molecule has 0 amide bonds. The first-order valence-corrected chi connectivity index (χ1v) is 5.71. The summed E-state index contributed by atoms with van der Waals surface area (Å²) in [6, 6.07) is 0. The van der Waals surface area contributed by atoms with Crippen LogP contribution in [0, 0.1) is 0 Å². The number of carbonyl (C=O) groups is 1. The van der Waals surface area contributed by atoms with Crippen LogP contribution in [0.4, 0.5) is 13.2 Å². The second-order valence-electron chi connectivity index (χ2n) is 3.56. The van der Waals surface area contributed by atoms with Crippen LogP contribution in [0.2, 0.25) is 0 Å². The summed E-state index contributed by atoms with van der Waals surface area (Å²) in [4.78, 5) is 14.6. The fourth-order valence-electron chi connectivity index (χ4n) is 1.26. The van der Waals surface area contributed by atoms with Gasteiger partial charge in [-0.25, -0.2) is 9.78 Å². The second kappa shape index (κ2) is 6.55. The van der Waals surface area contributed by atoms with Crippen molar-refractivity contribution < 1.29 is 31.9 Å². The van der Waals surface area contributed by atoms with Gasteiger partial charge in [0.25, 0.3) is 0 Å². The standard InChI is InChI=1S/C11H14F3NO4/c1-3-5-17-6-7-15-9(11(12,13)14)8(19-7)10(16)18-4-2/h3-6H2,1-2H3. The molecule has 0 unspecified atom stereocenters. The van der Waals surface area contributed by atoms with E-state index < -0.39 is 23.6 Å². The van der Waals surface area contributed by atoms with E-state index in [4.69, 9.17) is 9.15 Å². The number of hydrogen-bond acceptors (Lipinski definition) is 5. The Morgan fingerprint density at radius 3 is 2.58 bits per heavy atom. The van der Waals surface area contributed by atoms with Crippen LogP contribution < -0.4 is 0 Å². The number of oxazole rings is 1. The summed E-state index contributed by atoms with van der Waals surface area (Å²) in [5.41, 5.74) is -1.39. The molecule has 0 N–H and O–H groups in total. The van der Waals surface area contributed by atoms with Crippen molar-refractivity contribution in [2.75, 3.05) is 13.2 Å². The maximum absolute atomic E-state index is 12.7. The van der Waals surface area contributed by atoms with Crippen molar-refractivity contribution in [2.24, 2.45) is 0 Å². The van der Waals surface area contributed by atoms with E-state index in [9.17, 15) is 18.0 Å². The molecule has 0 spiro atoms. The van der Waals surface area contributed by atoms with Crippen LogP contribution in [0.5, 0.6) is 0 Å².